The second-order valence-corrected chi connectivity index (χ2v) is 10.3. The Bertz CT molecular complexity index is 1330. The molecule has 1 saturated heterocycles. The highest BCUT2D eigenvalue weighted by Crippen LogP contribution is 2.48. The van der Waals surface area contributed by atoms with Crippen molar-refractivity contribution in [3.8, 4) is 23.0 Å². The molecule has 3 atom stereocenters. The minimum absolute atomic E-state index is 0.173. The van der Waals surface area contributed by atoms with E-state index in [1.165, 1.54) is 6.42 Å². The third-order valence-corrected chi connectivity index (χ3v) is 7.58. The number of ether oxygens (including phenoxy) is 2. The van der Waals surface area contributed by atoms with Gasteiger partial charge in [0.25, 0.3) is 0 Å². The molecule has 1 fully saturated rings. The summed E-state index contributed by atoms with van der Waals surface area (Å²) in [5.74, 6) is 2.64. The molecule has 0 bridgehead atoms. The maximum absolute atomic E-state index is 10.3. The number of likely N-dealkylation sites (tertiary alicyclic amines) is 1. The van der Waals surface area contributed by atoms with E-state index in [0.717, 1.165) is 58.2 Å². The van der Waals surface area contributed by atoms with E-state index >= 15 is 0 Å². The largest absolute Gasteiger partial charge is 0.508 e. The smallest absolute Gasteiger partial charge is 0.150 e. The summed E-state index contributed by atoms with van der Waals surface area (Å²) in [5, 5.41) is 20.5. The highest BCUT2D eigenvalue weighted by molar-refractivity contribution is 5.97. The molecule has 2 aliphatic heterocycles. The Morgan fingerprint density at radius 3 is 2.43 bits per heavy atom. The van der Waals surface area contributed by atoms with Crippen LogP contribution in [0.1, 0.15) is 55.5 Å². The van der Waals surface area contributed by atoms with Crippen molar-refractivity contribution >= 4 is 17.2 Å². The van der Waals surface area contributed by atoms with Crippen molar-refractivity contribution in [3.05, 3.63) is 89.5 Å². The first-order valence-electron chi connectivity index (χ1n) is 13.0. The van der Waals surface area contributed by atoms with Gasteiger partial charge < -0.3 is 19.7 Å². The fraction of sp³-hybridized carbons (Fsp3) is 0.312. The number of hydrogen-bond acceptors (Lipinski definition) is 5. The Morgan fingerprint density at radius 2 is 1.76 bits per heavy atom. The van der Waals surface area contributed by atoms with Crippen LogP contribution in [0, 0.1) is 5.92 Å². The first-order valence-corrected chi connectivity index (χ1v) is 13.0. The van der Waals surface area contributed by atoms with Gasteiger partial charge in [0.05, 0.1) is 0 Å². The van der Waals surface area contributed by atoms with Crippen molar-refractivity contribution in [1.29, 1.82) is 0 Å². The summed E-state index contributed by atoms with van der Waals surface area (Å²) in [5.41, 5.74) is 5.45. The molecular formula is C32H35NO4. The van der Waals surface area contributed by atoms with Crippen molar-refractivity contribution in [2.24, 2.45) is 5.92 Å². The molecule has 2 N–H and O–H groups in total. The predicted molar refractivity (Wildman–Crippen MR) is 149 cm³/mol. The SMILES string of the molecule is C=Cc1ccc(O)cc1C1=C(C)c2cc(O)ccc2OC1c1ccc(OCC(C)N2CCC(C)C2)cc1. The lowest BCUT2D eigenvalue weighted by Crippen LogP contribution is -2.35. The molecule has 0 aromatic heterocycles. The van der Waals surface area contributed by atoms with E-state index in [4.69, 9.17) is 9.47 Å². The molecule has 3 aromatic carbocycles. The Labute approximate surface area is 219 Å². The molecule has 2 aliphatic rings. The Balaban J connectivity index is 1.46. The molecule has 0 aliphatic carbocycles. The second-order valence-electron chi connectivity index (χ2n) is 10.3. The summed E-state index contributed by atoms with van der Waals surface area (Å²) >= 11 is 0. The quantitative estimate of drug-likeness (QED) is 0.371. The molecular weight excluding hydrogens is 462 g/mol. The van der Waals surface area contributed by atoms with Crippen molar-refractivity contribution < 1.29 is 19.7 Å². The first-order chi connectivity index (χ1) is 17.8. The molecule has 3 aromatic rings. The Morgan fingerprint density at radius 1 is 1.05 bits per heavy atom. The minimum Gasteiger partial charge on any atom is -0.508 e. The molecule has 192 valence electrons. The number of hydrogen-bond donors (Lipinski definition) is 2. The van der Waals surface area contributed by atoms with Crippen LogP contribution in [0.4, 0.5) is 0 Å². The van der Waals surface area contributed by atoms with Gasteiger partial charge in [0.1, 0.15) is 35.7 Å². The first kappa shape index (κ1) is 25.0. The summed E-state index contributed by atoms with van der Waals surface area (Å²) < 4.78 is 12.7. The topological polar surface area (TPSA) is 62.2 Å². The standard InChI is InChI=1S/C32H35NO4/c1-5-23-6-9-25(34)17-29(23)31-22(4)28-16-26(35)10-13-30(28)37-32(31)24-7-11-27(12-8-24)36-19-21(3)33-15-14-20(2)18-33/h5-13,16-17,20-21,32,34-35H,1,14-15,18-19H2,2-4H3. The third-order valence-electron chi connectivity index (χ3n) is 7.58. The summed E-state index contributed by atoms with van der Waals surface area (Å²) in [6, 6.07) is 18.9. The van der Waals surface area contributed by atoms with Crippen LogP contribution in [0.25, 0.3) is 17.2 Å². The van der Waals surface area contributed by atoms with Crippen LogP contribution in [0.2, 0.25) is 0 Å². The summed E-state index contributed by atoms with van der Waals surface area (Å²) in [7, 11) is 0. The third kappa shape index (κ3) is 5.09. The maximum Gasteiger partial charge on any atom is 0.150 e. The van der Waals surface area contributed by atoms with Crippen LogP contribution < -0.4 is 9.47 Å². The van der Waals surface area contributed by atoms with E-state index in [0.29, 0.717) is 18.4 Å². The van der Waals surface area contributed by atoms with E-state index in [9.17, 15) is 10.2 Å². The van der Waals surface area contributed by atoms with E-state index in [-0.39, 0.29) is 11.5 Å². The number of fused-ring (bicyclic) bond motifs is 1. The van der Waals surface area contributed by atoms with Crippen LogP contribution in [0.3, 0.4) is 0 Å². The molecule has 0 spiro atoms. The van der Waals surface area contributed by atoms with Crippen molar-refractivity contribution in [2.75, 3.05) is 19.7 Å². The molecule has 2 heterocycles. The van der Waals surface area contributed by atoms with Crippen LogP contribution in [-0.2, 0) is 0 Å². The fourth-order valence-corrected chi connectivity index (χ4v) is 5.41. The summed E-state index contributed by atoms with van der Waals surface area (Å²) in [4.78, 5) is 2.50. The highest BCUT2D eigenvalue weighted by atomic mass is 16.5. The van der Waals surface area contributed by atoms with Crippen LogP contribution in [-0.4, -0.2) is 40.9 Å². The lowest BCUT2D eigenvalue weighted by Gasteiger charge is -2.32. The maximum atomic E-state index is 10.3. The number of phenolic OH excluding ortho intramolecular Hbond substituents is 2. The van der Waals surface area contributed by atoms with Crippen LogP contribution >= 0.6 is 0 Å². The molecule has 37 heavy (non-hydrogen) atoms. The van der Waals surface area contributed by atoms with Crippen LogP contribution in [0.5, 0.6) is 23.0 Å². The highest BCUT2D eigenvalue weighted by Gasteiger charge is 2.31. The van der Waals surface area contributed by atoms with E-state index in [1.807, 2.05) is 37.3 Å². The number of benzene rings is 3. The van der Waals surface area contributed by atoms with Gasteiger partial charge in [-0.25, -0.2) is 0 Å². The molecule has 0 amide bonds. The second kappa shape index (κ2) is 10.3. The van der Waals surface area contributed by atoms with E-state index < -0.39 is 6.10 Å². The Kier molecular flexibility index (Phi) is 6.98. The molecule has 5 heteroatoms. The van der Waals surface area contributed by atoms with Gasteiger partial charge in [-0.05, 0) is 97.5 Å². The van der Waals surface area contributed by atoms with Gasteiger partial charge in [0, 0.05) is 23.7 Å². The normalized spacial score (nSPS) is 20.3. The molecule has 0 radical (unpaired) electrons. The fourth-order valence-electron chi connectivity index (χ4n) is 5.41. The average Bonchev–Trinajstić information content (AvgIpc) is 3.34. The minimum atomic E-state index is -0.406. The molecule has 0 saturated carbocycles. The number of aromatic hydroxyl groups is 2. The average molecular weight is 498 g/mol. The summed E-state index contributed by atoms with van der Waals surface area (Å²) in [6.07, 6.45) is 2.63. The van der Waals surface area contributed by atoms with Crippen molar-refractivity contribution in [2.45, 2.75) is 39.3 Å². The molecule has 5 nitrogen and oxygen atoms in total. The lowest BCUT2D eigenvalue weighted by atomic mass is 9.84. The van der Waals surface area contributed by atoms with Gasteiger partial charge in [-0.15, -0.1) is 0 Å². The zero-order valence-corrected chi connectivity index (χ0v) is 21.8. The van der Waals surface area contributed by atoms with Gasteiger partial charge >= 0.3 is 0 Å². The van der Waals surface area contributed by atoms with Gasteiger partial charge in [-0.1, -0.05) is 37.8 Å². The number of nitrogens with zero attached hydrogens (tertiary/aromatic N) is 1. The van der Waals surface area contributed by atoms with Gasteiger partial charge in [-0.3, -0.25) is 4.90 Å². The van der Waals surface area contributed by atoms with Gasteiger partial charge in [0.15, 0.2) is 0 Å². The van der Waals surface area contributed by atoms with Crippen LogP contribution in [0.15, 0.2) is 67.2 Å². The number of allylic oxidation sites excluding steroid dienone is 1. The van der Waals surface area contributed by atoms with Gasteiger partial charge in [-0.2, -0.15) is 0 Å². The number of rotatable bonds is 7. The number of phenols is 2. The van der Waals surface area contributed by atoms with Crippen molar-refractivity contribution in [3.63, 3.8) is 0 Å². The van der Waals surface area contributed by atoms with Crippen molar-refractivity contribution in [1.82, 2.24) is 4.90 Å². The molecule has 3 unspecified atom stereocenters. The lowest BCUT2D eigenvalue weighted by molar-refractivity contribution is 0.169. The van der Waals surface area contributed by atoms with E-state index in [1.54, 1.807) is 36.4 Å². The zero-order valence-electron chi connectivity index (χ0n) is 21.8. The molecule has 5 rings (SSSR count). The van der Waals surface area contributed by atoms with Gasteiger partial charge in [0.2, 0.25) is 0 Å². The Hall–Kier alpha value is -3.70. The summed E-state index contributed by atoms with van der Waals surface area (Å²) in [6.45, 7) is 13.5. The van der Waals surface area contributed by atoms with E-state index in [2.05, 4.69) is 25.3 Å². The monoisotopic (exact) mass is 497 g/mol. The zero-order chi connectivity index (χ0) is 26.1. The predicted octanol–water partition coefficient (Wildman–Crippen LogP) is 6.91.